The fourth-order valence-corrected chi connectivity index (χ4v) is 0. The summed E-state index contributed by atoms with van der Waals surface area (Å²) in [5.41, 5.74) is 0. The van der Waals surface area contributed by atoms with Gasteiger partial charge in [0, 0.05) is 11.0 Å². The van der Waals surface area contributed by atoms with Gasteiger partial charge in [0.05, 0.1) is 0 Å². The first kappa shape index (κ1) is 5990. The monoisotopic (exact) mass is 165 g/mol. The van der Waals surface area contributed by atoms with Crippen molar-refractivity contribution in [1.29, 1.82) is 0 Å². The molecular weight excluding hydrogens is 156 g/mol. The Balaban J connectivity index is 0. The Kier molecular flexibility index (Phi) is 2840000. The highest BCUT2D eigenvalue weighted by Gasteiger charge is 0.0000258. The van der Waals surface area contributed by atoms with Crippen LogP contribution >= 0.6 is 0 Å². The SMILES string of the molecule is F.F.F.F.F.F.N.[Si]. The smallest absolute Gasteiger partial charge is 0 e. The van der Waals surface area contributed by atoms with Crippen LogP contribution < -0.4 is 6.15 Å². The lowest BCUT2D eigenvalue weighted by Gasteiger charge is -0.344. The van der Waals surface area contributed by atoms with E-state index in [1.165, 1.54) is 0 Å². The van der Waals surface area contributed by atoms with Gasteiger partial charge < -0.3 is 6.15 Å². The minimum Gasteiger partial charge on any atom is -0.344 e. The van der Waals surface area contributed by atoms with Gasteiger partial charge in [0.1, 0.15) is 0 Å². The van der Waals surface area contributed by atoms with Gasteiger partial charge in [-0.3, -0.25) is 28.2 Å². The molecule has 0 aliphatic rings. The summed E-state index contributed by atoms with van der Waals surface area (Å²) >= 11 is 0. The third-order valence-corrected chi connectivity index (χ3v) is 0. The molecule has 0 aromatic rings. The highest BCUT2D eigenvalue weighted by atomic mass is 28.1. The Labute approximate surface area is 46.6 Å². The van der Waals surface area contributed by atoms with Crippen LogP contribution in [-0.4, -0.2) is 11.0 Å². The van der Waals surface area contributed by atoms with Crippen LogP contribution in [0.15, 0.2) is 0 Å². The lowest BCUT2D eigenvalue weighted by atomic mass is 14.0. The molecule has 0 saturated carbocycles. The summed E-state index contributed by atoms with van der Waals surface area (Å²) in [4.78, 5) is 0. The van der Waals surface area contributed by atoms with E-state index in [9.17, 15) is 0 Å². The van der Waals surface area contributed by atoms with Gasteiger partial charge in [0.2, 0.25) is 0 Å². The molecule has 3 N–H and O–H groups in total. The lowest BCUT2D eigenvalue weighted by Crippen LogP contribution is -0.481. The number of hydrogen-bond donors (Lipinski definition) is 1. The maximum Gasteiger partial charge on any atom is 0 e. The first-order chi connectivity index (χ1) is 0. The molecule has 8 heteroatoms. The first-order valence-electron chi connectivity index (χ1n) is 0. The van der Waals surface area contributed by atoms with Gasteiger partial charge in [0.25, 0.3) is 0 Å². The topological polar surface area (TPSA) is 35.0 Å². The van der Waals surface area contributed by atoms with Crippen LogP contribution in [0.5, 0.6) is 0 Å². The number of rotatable bonds is 0. The van der Waals surface area contributed by atoms with Gasteiger partial charge >= 0.3 is 0 Å². The zero-order valence-electron chi connectivity index (χ0n) is 3.66. The minimum atomic E-state index is 0. The molecule has 0 saturated heterocycles. The molecule has 0 spiro atoms. The number of halogens is 6. The Morgan fingerprint density at radius 2 is 0.375 bits per heavy atom. The maximum absolute atomic E-state index is 0. The number of hydrogen-bond acceptors (Lipinski definition) is 1. The Morgan fingerprint density at radius 1 is 0.375 bits per heavy atom. The molecule has 0 aliphatic heterocycles. The molecule has 4 radical (unpaired) electrons. The molecule has 0 unspecified atom stereocenters. The van der Waals surface area contributed by atoms with Crippen molar-refractivity contribution >= 4 is 11.0 Å². The van der Waals surface area contributed by atoms with Gasteiger partial charge in [-0.25, -0.2) is 0 Å². The van der Waals surface area contributed by atoms with Crippen molar-refractivity contribution in [2.75, 3.05) is 0 Å². The molecule has 0 heterocycles. The third kappa shape index (κ3) is 2200. The molecule has 0 aromatic heterocycles. The summed E-state index contributed by atoms with van der Waals surface area (Å²) in [5, 5.41) is 0. The molecule has 0 atom stereocenters. The van der Waals surface area contributed by atoms with Crippen LogP contribution in [-0.2, 0) is 0 Å². The molecule has 60 valence electrons. The molecule has 8 heavy (non-hydrogen) atoms. The van der Waals surface area contributed by atoms with E-state index in [0.717, 1.165) is 0 Å². The van der Waals surface area contributed by atoms with Crippen molar-refractivity contribution in [1.82, 2.24) is 6.15 Å². The zero-order valence-corrected chi connectivity index (χ0v) is 4.66. The fraction of sp³-hybridized carbons (Fsp3) is 0. The van der Waals surface area contributed by atoms with Crippen LogP contribution in [0.4, 0.5) is 28.2 Å². The molecule has 0 aliphatic carbocycles. The Morgan fingerprint density at radius 3 is 0.375 bits per heavy atom. The van der Waals surface area contributed by atoms with Crippen LogP contribution in [0.2, 0.25) is 0 Å². The van der Waals surface area contributed by atoms with Gasteiger partial charge in [-0.15, -0.1) is 0 Å². The molecule has 0 bridgehead atoms. The first-order valence-corrected chi connectivity index (χ1v) is 0. The van der Waals surface area contributed by atoms with Gasteiger partial charge in [-0.1, -0.05) is 0 Å². The average molecular weight is 165 g/mol. The van der Waals surface area contributed by atoms with Gasteiger partial charge in [-0.2, -0.15) is 0 Å². The summed E-state index contributed by atoms with van der Waals surface area (Å²) in [6.07, 6.45) is 0. The highest BCUT2D eigenvalue weighted by molar-refractivity contribution is 5.75. The van der Waals surface area contributed by atoms with Crippen LogP contribution in [0, 0.1) is 0 Å². The van der Waals surface area contributed by atoms with Crippen LogP contribution in [0.1, 0.15) is 0 Å². The standard InChI is InChI=1S/6FH.H3N.Si/h6*1H;1H3;. The summed E-state index contributed by atoms with van der Waals surface area (Å²) in [6.45, 7) is 0. The van der Waals surface area contributed by atoms with E-state index in [1.807, 2.05) is 0 Å². The summed E-state index contributed by atoms with van der Waals surface area (Å²) in [5.74, 6) is 0. The second kappa shape index (κ2) is 3790. The van der Waals surface area contributed by atoms with Crippen molar-refractivity contribution in [2.45, 2.75) is 0 Å². The van der Waals surface area contributed by atoms with Gasteiger partial charge in [-0.05, 0) is 0 Å². The summed E-state index contributed by atoms with van der Waals surface area (Å²) in [7, 11) is 0. The predicted octanol–water partition coefficient (Wildman–Crippen LogP) is 0.696. The van der Waals surface area contributed by atoms with Crippen molar-refractivity contribution in [3.05, 3.63) is 0 Å². The maximum atomic E-state index is 0. The van der Waals surface area contributed by atoms with E-state index in [-0.39, 0.29) is 45.3 Å². The van der Waals surface area contributed by atoms with E-state index in [0.29, 0.717) is 0 Å². The zero-order chi connectivity index (χ0) is 0. The second-order valence-corrected chi connectivity index (χ2v) is 0. The Hall–Kier alpha value is -0.243. The fourth-order valence-electron chi connectivity index (χ4n) is 0. The van der Waals surface area contributed by atoms with E-state index >= 15 is 0 Å². The molecular formula is H9F6NSi. The second-order valence-electron chi connectivity index (χ2n) is 0. The van der Waals surface area contributed by atoms with E-state index in [4.69, 9.17) is 0 Å². The average Bonchev–Trinajstić information content (AvgIpc) is 0. The highest BCUT2D eigenvalue weighted by Crippen LogP contribution is 0.425. The van der Waals surface area contributed by atoms with E-state index < -0.39 is 0 Å². The van der Waals surface area contributed by atoms with Crippen molar-refractivity contribution in [2.24, 2.45) is 0 Å². The molecule has 1 nitrogen and oxygen atoms in total. The summed E-state index contributed by atoms with van der Waals surface area (Å²) < 4.78 is 0. The third-order valence-electron chi connectivity index (χ3n) is 0. The summed E-state index contributed by atoms with van der Waals surface area (Å²) in [6, 6.07) is 0. The normalized spacial score (nSPS) is 0. The molecule has 0 aromatic carbocycles. The minimum absolute atomic E-state index is 0. The van der Waals surface area contributed by atoms with Crippen molar-refractivity contribution < 1.29 is 28.2 Å². The van der Waals surface area contributed by atoms with Crippen molar-refractivity contribution in [3.63, 3.8) is 0 Å². The van der Waals surface area contributed by atoms with Crippen LogP contribution in [0.3, 0.4) is 0 Å². The van der Waals surface area contributed by atoms with Crippen LogP contribution in [0.25, 0.3) is 0 Å². The lowest BCUT2D eigenvalue weighted by molar-refractivity contribution is 1.11. The van der Waals surface area contributed by atoms with Crippen molar-refractivity contribution in [3.8, 4) is 0 Å². The predicted molar refractivity (Wildman–Crippen MR) is 25.8 cm³/mol. The molecule has 0 fully saturated rings. The molecule has 0 rings (SSSR count). The largest absolute Gasteiger partial charge is 0.344 e. The Bertz CT molecular complexity index is 8.49. The van der Waals surface area contributed by atoms with Gasteiger partial charge in [0.15, 0.2) is 0 Å². The molecule has 0 amide bonds. The van der Waals surface area contributed by atoms with E-state index in [1.54, 1.807) is 0 Å². The van der Waals surface area contributed by atoms with E-state index in [2.05, 4.69) is 0 Å². The quantitative estimate of drug-likeness (QED) is 0.416.